The first-order chi connectivity index (χ1) is 10.8. The van der Waals surface area contributed by atoms with Gasteiger partial charge in [-0.1, -0.05) is 24.3 Å². The Bertz CT molecular complexity index is 734. The molecule has 0 unspecified atom stereocenters. The molecule has 3 aromatic rings. The fourth-order valence-electron chi connectivity index (χ4n) is 2.42. The molecule has 0 fully saturated rings. The number of anilines is 1. The van der Waals surface area contributed by atoms with Crippen molar-refractivity contribution in [2.45, 2.75) is 13.5 Å². The zero-order chi connectivity index (χ0) is 15.4. The minimum Gasteiger partial charge on any atom is -0.493 e. The first-order valence-electron chi connectivity index (χ1n) is 7.29. The summed E-state index contributed by atoms with van der Waals surface area (Å²) in [5, 5.41) is 3.29. The van der Waals surface area contributed by atoms with E-state index in [9.17, 15) is 0 Å². The molecule has 5 nitrogen and oxygen atoms in total. The van der Waals surface area contributed by atoms with E-state index in [4.69, 9.17) is 9.47 Å². The molecule has 0 amide bonds. The van der Waals surface area contributed by atoms with E-state index in [2.05, 4.69) is 15.3 Å². The van der Waals surface area contributed by atoms with Gasteiger partial charge in [-0.25, -0.2) is 4.98 Å². The standard InChI is InChI=1S/C17H19N3O2/c1-3-22-15-10-6-7-12(16(15)21-2)11-18-17-19-13-8-4-5-9-14(13)20-17/h4-10H,3,11H2,1-2H3,(H2,18,19,20). The van der Waals surface area contributed by atoms with Crippen LogP contribution in [-0.4, -0.2) is 23.7 Å². The van der Waals surface area contributed by atoms with Crippen LogP contribution in [0.1, 0.15) is 12.5 Å². The van der Waals surface area contributed by atoms with E-state index in [1.54, 1.807) is 7.11 Å². The molecule has 0 radical (unpaired) electrons. The molecule has 0 saturated carbocycles. The Hall–Kier alpha value is -2.69. The Kier molecular flexibility index (Phi) is 4.14. The number of fused-ring (bicyclic) bond motifs is 1. The van der Waals surface area contributed by atoms with Gasteiger partial charge in [0.05, 0.1) is 24.8 Å². The third-order valence-electron chi connectivity index (χ3n) is 3.40. The number of nitrogens with zero attached hydrogens (tertiary/aromatic N) is 1. The highest BCUT2D eigenvalue weighted by atomic mass is 16.5. The van der Waals surface area contributed by atoms with Crippen LogP contribution >= 0.6 is 0 Å². The zero-order valence-electron chi connectivity index (χ0n) is 12.7. The van der Waals surface area contributed by atoms with Crippen LogP contribution in [0.4, 0.5) is 5.95 Å². The Morgan fingerprint density at radius 1 is 1.14 bits per heavy atom. The molecule has 0 saturated heterocycles. The van der Waals surface area contributed by atoms with Crippen LogP contribution in [0, 0.1) is 0 Å². The molecule has 2 aromatic carbocycles. The summed E-state index contributed by atoms with van der Waals surface area (Å²) in [6, 6.07) is 13.8. The number of para-hydroxylation sites is 3. The molecule has 1 heterocycles. The van der Waals surface area contributed by atoms with E-state index in [1.165, 1.54) is 0 Å². The summed E-state index contributed by atoms with van der Waals surface area (Å²) in [5.41, 5.74) is 2.98. The number of aromatic amines is 1. The maximum atomic E-state index is 5.59. The van der Waals surface area contributed by atoms with Crippen LogP contribution in [0.5, 0.6) is 11.5 Å². The molecule has 0 aliphatic carbocycles. The van der Waals surface area contributed by atoms with Crippen molar-refractivity contribution in [3.05, 3.63) is 48.0 Å². The smallest absolute Gasteiger partial charge is 0.201 e. The number of aromatic nitrogens is 2. The third kappa shape index (κ3) is 2.83. The van der Waals surface area contributed by atoms with E-state index in [1.807, 2.05) is 49.4 Å². The number of hydrogen-bond donors (Lipinski definition) is 2. The Morgan fingerprint density at radius 3 is 2.77 bits per heavy atom. The number of methoxy groups -OCH3 is 1. The van der Waals surface area contributed by atoms with E-state index in [-0.39, 0.29) is 0 Å². The number of nitrogens with one attached hydrogen (secondary N) is 2. The van der Waals surface area contributed by atoms with Crippen molar-refractivity contribution in [3.63, 3.8) is 0 Å². The van der Waals surface area contributed by atoms with Crippen molar-refractivity contribution in [1.82, 2.24) is 9.97 Å². The molecule has 2 N–H and O–H groups in total. The highest BCUT2D eigenvalue weighted by Crippen LogP contribution is 2.31. The van der Waals surface area contributed by atoms with Gasteiger partial charge in [0.15, 0.2) is 11.5 Å². The first-order valence-corrected chi connectivity index (χ1v) is 7.29. The predicted molar refractivity (Wildman–Crippen MR) is 87.6 cm³/mol. The molecule has 0 spiro atoms. The van der Waals surface area contributed by atoms with Crippen LogP contribution in [0.3, 0.4) is 0 Å². The largest absolute Gasteiger partial charge is 0.493 e. The van der Waals surface area contributed by atoms with Gasteiger partial charge in [-0.2, -0.15) is 0 Å². The van der Waals surface area contributed by atoms with E-state index >= 15 is 0 Å². The van der Waals surface area contributed by atoms with Crippen molar-refractivity contribution in [1.29, 1.82) is 0 Å². The fourth-order valence-corrected chi connectivity index (χ4v) is 2.42. The molecule has 0 aliphatic rings. The molecular weight excluding hydrogens is 278 g/mol. The molecule has 0 atom stereocenters. The number of H-pyrrole nitrogens is 1. The van der Waals surface area contributed by atoms with Crippen LogP contribution in [0.15, 0.2) is 42.5 Å². The number of imidazole rings is 1. The highest BCUT2D eigenvalue weighted by Gasteiger charge is 2.10. The van der Waals surface area contributed by atoms with Gasteiger partial charge in [0.2, 0.25) is 5.95 Å². The van der Waals surface area contributed by atoms with Gasteiger partial charge < -0.3 is 19.8 Å². The molecule has 0 aliphatic heterocycles. The number of benzene rings is 2. The van der Waals surface area contributed by atoms with Crippen molar-refractivity contribution in [2.75, 3.05) is 19.0 Å². The normalized spacial score (nSPS) is 10.6. The number of rotatable bonds is 6. The third-order valence-corrected chi connectivity index (χ3v) is 3.40. The summed E-state index contributed by atoms with van der Waals surface area (Å²) >= 11 is 0. The summed E-state index contributed by atoms with van der Waals surface area (Å²) in [6.07, 6.45) is 0. The van der Waals surface area contributed by atoms with Crippen molar-refractivity contribution < 1.29 is 9.47 Å². The van der Waals surface area contributed by atoms with Gasteiger partial charge in [0.25, 0.3) is 0 Å². The second-order valence-corrected chi connectivity index (χ2v) is 4.84. The summed E-state index contributed by atoms with van der Waals surface area (Å²) < 4.78 is 11.1. The molecule has 114 valence electrons. The van der Waals surface area contributed by atoms with Gasteiger partial charge in [-0.05, 0) is 25.1 Å². The second kappa shape index (κ2) is 6.39. The molecule has 1 aromatic heterocycles. The van der Waals surface area contributed by atoms with Gasteiger partial charge in [-0.15, -0.1) is 0 Å². The molecule has 5 heteroatoms. The topological polar surface area (TPSA) is 59.2 Å². The summed E-state index contributed by atoms with van der Waals surface area (Å²) in [7, 11) is 1.66. The number of ether oxygens (including phenoxy) is 2. The Labute approximate surface area is 129 Å². The van der Waals surface area contributed by atoms with Gasteiger partial charge in [0.1, 0.15) is 0 Å². The second-order valence-electron chi connectivity index (χ2n) is 4.84. The van der Waals surface area contributed by atoms with Gasteiger partial charge >= 0.3 is 0 Å². The minimum absolute atomic E-state index is 0.601. The van der Waals surface area contributed by atoms with Crippen LogP contribution in [0.2, 0.25) is 0 Å². The van der Waals surface area contributed by atoms with Gasteiger partial charge in [0, 0.05) is 12.1 Å². The maximum Gasteiger partial charge on any atom is 0.201 e. The lowest BCUT2D eigenvalue weighted by Crippen LogP contribution is -2.04. The first kappa shape index (κ1) is 14.3. The van der Waals surface area contributed by atoms with Crippen LogP contribution < -0.4 is 14.8 Å². The fraction of sp³-hybridized carbons (Fsp3) is 0.235. The molecule has 22 heavy (non-hydrogen) atoms. The van der Waals surface area contributed by atoms with E-state index < -0.39 is 0 Å². The molecule has 3 rings (SSSR count). The lowest BCUT2D eigenvalue weighted by atomic mass is 10.2. The molecular formula is C17H19N3O2. The van der Waals surface area contributed by atoms with E-state index in [0.29, 0.717) is 13.2 Å². The maximum absolute atomic E-state index is 5.59. The number of hydrogen-bond acceptors (Lipinski definition) is 4. The summed E-state index contributed by atoms with van der Waals surface area (Å²) in [5.74, 6) is 2.26. The van der Waals surface area contributed by atoms with Crippen LogP contribution in [0.25, 0.3) is 11.0 Å². The predicted octanol–water partition coefficient (Wildman–Crippen LogP) is 3.58. The van der Waals surface area contributed by atoms with E-state index in [0.717, 1.165) is 34.0 Å². The van der Waals surface area contributed by atoms with Crippen LogP contribution in [-0.2, 0) is 6.54 Å². The lowest BCUT2D eigenvalue weighted by molar-refractivity contribution is 0.309. The average Bonchev–Trinajstić information content (AvgIpc) is 2.96. The summed E-state index contributed by atoms with van der Waals surface area (Å²) in [6.45, 7) is 3.17. The zero-order valence-corrected chi connectivity index (χ0v) is 12.7. The molecule has 0 bridgehead atoms. The van der Waals surface area contributed by atoms with Crippen molar-refractivity contribution in [3.8, 4) is 11.5 Å². The monoisotopic (exact) mass is 297 g/mol. The van der Waals surface area contributed by atoms with Gasteiger partial charge in [-0.3, -0.25) is 0 Å². The van der Waals surface area contributed by atoms with Crippen molar-refractivity contribution in [2.24, 2.45) is 0 Å². The van der Waals surface area contributed by atoms with Crippen molar-refractivity contribution >= 4 is 17.0 Å². The summed E-state index contributed by atoms with van der Waals surface area (Å²) in [4.78, 5) is 7.75. The Balaban J connectivity index is 1.79. The minimum atomic E-state index is 0.601. The average molecular weight is 297 g/mol. The quantitative estimate of drug-likeness (QED) is 0.730. The lowest BCUT2D eigenvalue weighted by Gasteiger charge is -2.13. The Morgan fingerprint density at radius 2 is 2.00 bits per heavy atom. The highest BCUT2D eigenvalue weighted by molar-refractivity contribution is 5.77. The SMILES string of the molecule is CCOc1cccc(CNc2nc3ccccc3[nH]2)c1OC.